The van der Waals surface area contributed by atoms with Crippen LogP contribution in [0.1, 0.15) is 18.9 Å². The molecule has 1 aromatic carbocycles. The van der Waals surface area contributed by atoms with Crippen LogP contribution in [0.3, 0.4) is 0 Å². The van der Waals surface area contributed by atoms with E-state index in [0.29, 0.717) is 6.04 Å². The molecule has 64 valence electrons. The highest BCUT2D eigenvalue weighted by atomic mass is 79.9. The predicted molar refractivity (Wildman–Crippen MR) is 54.1 cm³/mol. The van der Waals surface area contributed by atoms with Gasteiger partial charge in [0, 0.05) is 15.9 Å². The Morgan fingerprint density at radius 3 is 2.58 bits per heavy atom. The molecule has 0 aromatic heterocycles. The summed E-state index contributed by atoms with van der Waals surface area (Å²) < 4.78 is 1.18. The van der Waals surface area contributed by atoms with Gasteiger partial charge in [0.1, 0.15) is 0 Å². The Balaban J connectivity index is 2.41. The molecule has 1 saturated carbocycles. The van der Waals surface area contributed by atoms with E-state index in [0.717, 1.165) is 6.42 Å². The predicted octanol–water partition coefficient (Wildman–Crippen LogP) is 2.44. The summed E-state index contributed by atoms with van der Waals surface area (Å²) in [5.74, 6) is 0. The molecule has 0 unspecified atom stereocenters. The minimum absolute atomic E-state index is 0.222. The summed E-state index contributed by atoms with van der Waals surface area (Å²) in [4.78, 5) is 0. The highest BCUT2D eigenvalue weighted by Gasteiger charge is 2.49. The van der Waals surface area contributed by atoms with Crippen molar-refractivity contribution in [1.29, 1.82) is 0 Å². The van der Waals surface area contributed by atoms with Gasteiger partial charge in [-0.25, -0.2) is 0 Å². The highest BCUT2D eigenvalue weighted by Crippen LogP contribution is 2.48. The molecule has 1 aliphatic carbocycles. The molecular weight excluding hydrogens is 214 g/mol. The molecule has 2 atom stereocenters. The molecule has 0 amide bonds. The average molecular weight is 226 g/mol. The van der Waals surface area contributed by atoms with Crippen molar-refractivity contribution in [3.8, 4) is 0 Å². The van der Waals surface area contributed by atoms with Gasteiger partial charge in [-0.2, -0.15) is 0 Å². The second kappa shape index (κ2) is 2.57. The molecular formula is C10H12BrN. The third-order valence-electron chi connectivity index (χ3n) is 2.79. The largest absolute Gasteiger partial charge is 0.327 e. The van der Waals surface area contributed by atoms with Crippen molar-refractivity contribution in [2.45, 2.75) is 24.8 Å². The summed E-state index contributed by atoms with van der Waals surface area (Å²) >= 11 is 3.54. The van der Waals surface area contributed by atoms with E-state index < -0.39 is 0 Å². The molecule has 12 heavy (non-hydrogen) atoms. The van der Waals surface area contributed by atoms with Crippen LogP contribution in [-0.4, -0.2) is 6.04 Å². The Hall–Kier alpha value is -0.340. The number of rotatable bonds is 1. The molecule has 0 heterocycles. The van der Waals surface area contributed by atoms with Crippen molar-refractivity contribution >= 4 is 15.9 Å². The monoisotopic (exact) mass is 225 g/mol. The van der Waals surface area contributed by atoms with Gasteiger partial charge in [-0.15, -0.1) is 0 Å². The fourth-order valence-electron chi connectivity index (χ4n) is 1.63. The SMILES string of the molecule is C[C@]1(c2ccccc2Br)C[C@@H]1N. The van der Waals surface area contributed by atoms with Crippen molar-refractivity contribution in [2.24, 2.45) is 5.73 Å². The Morgan fingerprint density at radius 1 is 1.50 bits per heavy atom. The number of halogens is 1. The van der Waals surface area contributed by atoms with Gasteiger partial charge in [-0.3, -0.25) is 0 Å². The maximum atomic E-state index is 5.88. The van der Waals surface area contributed by atoms with Gasteiger partial charge in [-0.05, 0) is 18.1 Å². The first kappa shape index (κ1) is 8.27. The first-order chi connectivity index (χ1) is 5.64. The van der Waals surface area contributed by atoms with Crippen LogP contribution in [0, 0.1) is 0 Å². The average Bonchev–Trinajstić information content (AvgIpc) is 2.61. The molecule has 1 aliphatic rings. The second-order valence-corrected chi connectivity index (χ2v) is 4.56. The lowest BCUT2D eigenvalue weighted by atomic mass is 9.98. The van der Waals surface area contributed by atoms with Crippen LogP contribution in [-0.2, 0) is 5.41 Å². The van der Waals surface area contributed by atoms with E-state index in [1.807, 2.05) is 6.07 Å². The van der Waals surface area contributed by atoms with Gasteiger partial charge < -0.3 is 5.73 Å². The summed E-state index contributed by atoms with van der Waals surface area (Å²) in [5.41, 5.74) is 7.45. The van der Waals surface area contributed by atoms with E-state index in [2.05, 4.69) is 41.1 Å². The molecule has 0 saturated heterocycles. The summed E-state index contributed by atoms with van der Waals surface area (Å²) in [6, 6.07) is 8.67. The first-order valence-electron chi connectivity index (χ1n) is 4.15. The zero-order valence-corrected chi connectivity index (χ0v) is 8.64. The van der Waals surface area contributed by atoms with Crippen molar-refractivity contribution in [3.05, 3.63) is 34.3 Å². The number of benzene rings is 1. The van der Waals surface area contributed by atoms with Crippen molar-refractivity contribution in [3.63, 3.8) is 0 Å². The summed E-state index contributed by atoms with van der Waals surface area (Å²) in [6.45, 7) is 2.22. The number of hydrogen-bond donors (Lipinski definition) is 1. The topological polar surface area (TPSA) is 26.0 Å². The summed E-state index contributed by atoms with van der Waals surface area (Å²) in [7, 11) is 0. The summed E-state index contributed by atoms with van der Waals surface area (Å²) in [6.07, 6.45) is 1.11. The van der Waals surface area contributed by atoms with E-state index in [1.165, 1.54) is 10.0 Å². The lowest BCUT2D eigenvalue weighted by Crippen LogP contribution is -2.14. The van der Waals surface area contributed by atoms with E-state index in [9.17, 15) is 0 Å². The first-order valence-corrected chi connectivity index (χ1v) is 4.94. The normalized spacial score (nSPS) is 33.4. The molecule has 2 rings (SSSR count). The zero-order chi connectivity index (χ0) is 8.77. The van der Waals surface area contributed by atoms with Crippen LogP contribution < -0.4 is 5.73 Å². The lowest BCUT2D eigenvalue weighted by molar-refractivity contribution is 0.737. The Labute approximate surface area is 81.1 Å². The van der Waals surface area contributed by atoms with E-state index >= 15 is 0 Å². The maximum Gasteiger partial charge on any atom is 0.0213 e. The Kier molecular flexibility index (Phi) is 1.77. The van der Waals surface area contributed by atoms with E-state index in [4.69, 9.17) is 5.73 Å². The Morgan fingerprint density at radius 2 is 2.08 bits per heavy atom. The fraction of sp³-hybridized carbons (Fsp3) is 0.400. The molecule has 2 N–H and O–H groups in total. The van der Waals surface area contributed by atoms with Gasteiger partial charge in [0.25, 0.3) is 0 Å². The van der Waals surface area contributed by atoms with Gasteiger partial charge in [0.05, 0.1) is 0 Å². The number of nitrogens with two attached hydrogens (primary N) is 1. The molecule has 0 bridgehead atoms. The van der Waals surface area contributed by atoms with Crippen LogP contribution in [0.15, 0.2) is 28.7 Å². The lowest BCUT2D eigenvalue weighted by Gasteiger charge is -2.11. The van der Waals surface area contributed by atoms with Crippen LogP contribution >= 0.6 is 15.9 Å². The minimum atomic E-state index is 0.222. The Bertz CT molecular complexity index is 310. The third-order valence-corrected chi connectivity index (χ3v) is 3.48. The quantitative estimate of drug-likeness (QED) is 0.781. The van der Waals surface area contributed by atoms with E-state index in [1.54, 1.807) is 0 Å². The molecule has 0 spiro atoms. The molecule has 2 heteroatoms. The third kappa shape index (κ3) is 1.10. The molecule has 0 aliphatic heterocycles. The fourth-order valence-corrected chi connectivity index (χ4v) is 2.37. The molecule has 0 radical (unpaired) electrons. The molecule has 1 aromatic rings. The van der Waals surface area contributed by atoms with Crippen LogP contribution in [0.5, 0.6) is 0 Å². The van der Waals surface area contributed by atoms with Crippen LogP contribution in [0.25, 0.3) is 0 Å². The van der Waals surface area contributed by atoms with Crippen molar-refractivity contribution in [1.82, 2.24) is 0 Å². The van der Waals surface area contributed by atoms with Gasteiger partial charge in [0.2, 0.25) is 0 Å². The number of hydrogen-bond acceptors (Lipinski definition) is 1. The zero-order valence-electron chi connectivity index (χ0n) is 7.05. The second-order valence-electron chi connectivity index (χ2n) is 3.71. The van der Waals surface area contributed by atoms with Gasteiger partial charge in [0.15, 0.2) is 0 Å². The smallest absolute Gasteiger partial charge is 0.0213 e. The standard InChI is InChI=1S/C10H12BrN/c1-10(6-9(10)12)7-4-2-3-5-8(7)11/h2-5,9H,6,12H2,1H3/t9-,10+/m0/s1. The molecule has 1 fully saturated rings. The van der Waals surface area contributed by atoms with Crippen molar-refractivity contribution in [2.75, 3.05) is 0 Å². The van der Waals surface area contributed by atoms with Crippen LogP contribution in [0.4, 0.5) is 0 Å². The summed E-state index contributed by atoms with van der Waals surface area (Å²) in [5, 5.41) is 0. The minimum Gasteiger partial charge on any atom is -0.327 e. The maximum absolute atomic E-state index is 5.88. The van der Waals surface area contributed by atoms with E-state index in [-0.39, 0.29) is 5.41 Å². The van der Waals surface area contributed by atoms with Crippen LogP contribution in [0.2, 0.25) is 0 Å². The molecule has 1 nitrogen and oxygen atoms in total. The van der Waals surface area contributed by atoms with Crippen molar-refractivity contribution < 1.29 is 0 Å². The highest BCUT2D eigenvalue weighted by molar-refractivity contribution is 9.10. The van der Waals surface area contributed by atoms with Gasteiger partial charge >= 0.3 is 0 Å². The van der Waals surface area contributed by atoms with Gasteiger partial charge in [-0.1, -0.05) is 41.1 Å².